The SMILES string of the molecule is COc1cccc(N2CCN(C(=O)[C@H](O)COc3ccccc3C)CC2=O)c1. The molecule has 3 rings (SSSR count). The van der Waals surface area contributed by atoms with Crippen molar-refractivity contribution in [3.63, 3.8) is 0 Å². The summed E-state index contributed by atoms with van der Waals surface area (Å²) in [4.78, 5) is 28.0. The number of aryl methyl sites for hydroxylation is 1. The lowest BCUT2D eigenvalue weighted by Crippen LogP contribution is -2.55. The zero-order valence-electron chi connectivity index (χ0n) is 16.0. The van der Waals surface area contributed by atoms with Gasteiger partial charge < -0.3 is 24.4 Å². The van der Waals surface area contributed by atoms with Crippen LogP contribution in [0.3, 0.4) is 0 Å². The lowest BCUT2D eigenvalue weighted by molar-refractivity contribution is -0.145. The topological polar surface area (TPSA) is 79.3 Å². The summed E-state index contributed by atoms with van der Waals surface area (Å²) in [6.07, 6.45) is -1.32. The summed E-state index contributed by atoms with van der Waals surface area (Å²) in [5, 5.41) is 10.2. The Hall–Kier alpha value is -3.06. The zero-order chi connectivity index (χ0) is 20.1. The quantitative estimate of drug-likeness (QED) is 0.819. The number of piperazine rings is 1. The summed E-state index contributed by atoms with van der Waals surface area (Å²) in [7, 11) is 1.57. The second-order valence-electron chi connectivity index (χ2n) is 6.60. The smallest absolute Gasteiger partial charge is 0.255 e. The Bertz CT molecular complexity index is 854. The molecule has 2 aromatic carbocycles. The number of anilines is 1. The highest BCUT2D eigenvalue weighted by Gasteiger charge is 2.31. The highest BCUT2D eigenvalue weighted by atomic mass is 16.5. The van der Waals surface area contributed by atoms with Gasteiger partial charge >= 0.3 is 0 Å². The van der Waals surface area contributed by atoms with E-state index in [2.05, 4.69) is 0 Å². The fraction of sp³-hybridized carbons (Fsp3) is 0.333. The van der Waals surface area contributed by atoms with Crippen LogP contribution in [0.2, 0.25) is 0 Å². The van der Waals surface area contributed by atoms with Crippen LogP contribution in [0, 0.1) is 6.92 Å². The van der Waals surface area contributed by atoms with E-state index in [4.69, 9.17) is 9.47 Å². The van der Waals surface area contributed by atoms with Crippen LogP contribution >= 0.6 is 0 Å². The number of rotatable bonds is 6. The van der Waals surface area contributed by atoms with Gasteiger partial charge in [-0.15, -0.1) is 0 Å². The van der Waals surface area contributed by atoms with Crippen LogP contribution in [0.4, 0.5) is 5.69 Å². The first kappa shape index (κ1) is 19.7. The number of aliphatic hydroxyl groups excluding tert-OH is 1. The summed E-state index contributed by atoms with van der Waals surface area (Å²) in [6, 6.07) is 14.6. The molecule has 0 bridgehead atoms. The minimum Gasteiger partial charge on any atom is -0.497 e. The van der Waals surface area contributed by atoms with Gasteiger partial charge in [0.25, 0.3) is 5.91 Å². The molecular weight excluding hydrogens is 360 g/mol. The average Bonchev–Trinajstić information content (AvgIpc) is 2.72. The van der Waals surface area contributed by atoms with Crippen molar-refractivity contribution < 1.29 is 24.2 Å². The summed E-state index contributed by atoms with van der Waals surface area (Å²) in [5.74, 6) is 0.563. The number of hydrogen-bond donors (Lipinski definition) is 1. The molecule has 0 radical (unpaired) electrons. The van der Waals surface area contributed by atoms with Crippen molar-refractivity contribution in [1.82, 2.24) is 4.90 Å². The third kappa shape index (κ3) is 4.43. The summed E-state index contributed by atoms with van der Waals surface area (Å²) in [5.41, 5.74) is 1.64. The van der Waals surface area contributed by atoms with Gasteiger partial charge in [0.2, 0.25) is 5.91 Å². The van der Waals surface area contributed by atoms with E-state index >= 15 is 0 Å². The number of carbonyl (C=O) groups is 2. The molecule has 1 atom stereocenters. The first-order valence-corrected chi connectivity index (χ1v) is 9.09. The van der Waals surface area contributed by atoms with Gasteiger partial charge in [-0.3, -0.25) is 9.59 Å². The molecule has 1 N–H and O–H groups in total. The number of aliphatic hydroxyl groups is 1. The average molecular weight is 384 g/mol. The fourth-order valence-electron chi connectivity index (χ4n) is 3.08. The van der Waals surface area contributed by atoms with E-state index in [9.17, 15) is 14.7 Å². The summed E-state index contributed by atoms with van der Waals surface area (Å²) >= 11 is 0. The Morgan fingerprint density at radius 3 is 2.68 bits per heavy atom. The van der Waals surface area contributed by atoms with Crippen LogP contribution in [0.1, 0.15) is 5.56 Å². The van der Waals surface area contributed by atoms with Crippen LogP contribution < -0.4 is 14.4 Å². The molecule has 0 unspecified atom stereocenters. The number of amides is 2. The molecule has 0 spiro atoms. The minimum atomic E-state index is -1.32. The molecule has 2 amide bonds. The van der Waals surface area contributed by atoms with E-state index in [1.54, 1.807) is 30.2 Å². The van der Waals surface area contributed by atoms with Crippen LogP contribution in [-0.4, -0.2) is 61.3 Å². The minimum absolute atomic E-state index is 0.0858. The number of methoxy groups -OCH3 is 1. The first-order chi connectivity index (χ1) is 13.5. The van der Waals surface area contributed by atoms with E-state index in [0.717, 1.165) is 11.3 Å². The van der Waals surface area contributed by atoms with Crippen LogP contribution in [0.15, 0.2) is 48.5 Å². The molecule has 1 aliphatic rings. The lowest BCUT2D eigenvalue weighted by Gasteiger charge is -2.35. The zero-order valence-corrected chi connectivity index (χ0v) is 16.0. The van der Waals surface area contributed by atoms with Crippen LogP contribution in [0.25, 0.3) is 0 Å². The molecular formula is C21H24N2O5. The van der Waals surface area contributed by atoms with Gasteiger partial charge in [-0.05, 0) is 30.7 Å². The van der Waals surface area contributed by atoms with Crippen LogP contribution in [-0.2, 0) is 9.59 Å². The molecule has 0 aromatic heterocycles. The standard InChI is InChI=1S/C21H24N2O5/c1-15-6-3-4-9-19(15)28-14-18(24)21(26)22-10-11-23(20(25)13-22)16-7-5-8-17(12-16)27-2/h3-9,12,18,24H,10-11,13-14H2,1-2H3/t18-/m1/s1. The van der Waals surface area contributed by atoms with Crippen molar-refractivity contribution in [2.75, 3.05) is 38.3 Å². The molecule has 1 aliphatic heterocycles. The van der Waals surface area contributed by atoms with Gasteiger partial charge in [-0.1, -0.05) is 24.3 Å². The molecule has 28 heavy (non-hydrogen) atoms. The number of carbonyl (C=O) groups excluding carboxylic acids is 2. The third-order valence-electron chi connectivity index (χ3n) is 4.67. The summed E-state index contributed by atoms with van der Waals surface area (Å²) < 4.78 is 10.7. The largest absolute Gasteiger partial charge is 0.497 e. The predicted molar refractivity (Wildman–Crippen MR) is 105 cm³/mol. The van der Waals surface area contributed by atoms with Gasteiger partial charge in [-0.2, -0.15) is 0 Å². The number of ether oxygens (including phenoxy) is 2. The second-order valence-corrected chi connectivity index (χ2v) is 6.60. The molecule has 148 valence electrons. The molecule has 7 heteroatoms. The van der Waals surface area contributed by atoms with Crippen LogP contribution in [0.5, 0.6) is 11.5 Å². The van der Waals surface area contributed by atoms with Crippen molar-refractivity contribution in [2.24, 2.45) is 0 Å². The van der Waals surface area contributed by atoms with E-state index in [0.29, 0.717) is 24.6 Å². The van der Waals surface area contributed by atoms with Gasteiger partial charge in [-0.25, -0.2) is 0 Å². The number of nitrogens with zero attached hydrogens (tertiary/aromatic N) is 2. The lowest BCUT2D eigenvalue weighted by atomic mass is 10.2. The molecule has 0 aliphatic carbocycles. The van der Waals surface area contributed by atoms with E-state index in [-0.39, 0.29) is 19.1 Å². The van der Waals surface area contributed by atoms with Crippen molar-refractivity contribution in [1.29, 1.82) is 0 Å². The van der Waals surface area contributed by atoms with E-state index < -0.39 is 12.0 Å². The Balaban J connectivity index is 1.57. The van der Waals surface area contributed by atoms with Gasteiger partial charge in [0.05, 0.1) is 7.11 Å². The third-order valence-corrected chi connectivity index (χ3v) is 4.67. The van der Waals surface area contributed by atoms with E-state index in [1.165, 1.54) is 4.90 Å². The Labute approximate surface area is 164 Å². The molecule has 0 saturated carbocycles. The van der Waals surface area contributed by atoms with Gasteiger partial charge in [0.1, 0.15) is 24.7 Å². The number of benzene rings is 2. The Morgan fingerprint density at radius 2 is 1.96 bits per heavy atom. The Morgan fingerprint density at radius 1 is 1.18 bits per heavy atom. The number of para-hydroxylation sites is 1. The van der Waals surface area contributed by atoms with Crippen molar-refractivity contribution in [3.05, 3.63) is 54.1 Å². The molecule has 2 aromatic rings. The molecule has 1 heterocycles. The van der Waals surface area contributed by atoms with Crippen molar-refractivity contribution in [2.45, 2.75) is 13.0 Å². The Kier molecular flexibility index (Phi) is 6.16. The van der Waals surface area contributed by atoms with E-state index in [1.807, 2.05) is 37.3 Å². The predicted octanol–water partition coefficient (Wildman–Crippen LogP) is 1.62. The highest BCUT2D eigenvalue weighted by molar-refractivity contribution is 5.98. The molecule has 1 fully saturated rings. The maximum absolute atomic E-state index is 12.5. The fourth-order valence-corrected chi connectivity index (χ4v) is 3.08. The molecule has 7 nitrogen and oxygen atoms in total. The summed E-state index contributed by atoms with van der Waals surface area (Å²) in [6.45, 7) is 2.33. The number of hydrogen-bond acceptors (Lipinski definition) is 5. The maximum Gasteiger partial charge on any atom is 0.255 e. The normalized spacial score (nSPS) is 15.3. The second kappa shape index (κ2) is 8.75. The highest BCUT2D eigenvalue weighted by Crippen LogP contribution is 2.23. The van der Waals surface area contributed by atoms with Crippen molar-refractivity contribution >= 4 is 17.5 Å². The molecule has 1 saturated heterocycles. The van der Waals surface area contributed by atoms with Gasteiger partial charge in [0, 0.05) is 24.8 Å². The first-order valence-electron chi connectivity index (χ1n) is 9.09. The van der Waals surface area contributed by atoms with Gasteiger partial charge in [0.15, 0.2) is 6.10 Å². The maximum atomic E-state index is 12.5. The van der Waals surface area contributed by atoms with Crippen molar-refractivity contribution in [3.8, 4) is 11.5 Å². The monoisotopic (exact) mass is 384 g/mol.